The molecule has 0 saturated heterocycles. The Morgan fingerprint density at radius 2 is 1.83 bits per heavy atom. The lowest BCUT2D eigenvalue weighted by Crippen LogP contribution is -2.13. The van der Waals surface area contributed by atoms with Gasteiger partial charge in [0.25, 0.3) is 5.56 Å². The molecule has 0 aliphatic carbocycles. The first-order chi connectivity index (χ1) is 11.0. The van der Waals surface area contributed by atoms with Crippen LogP contribution >= 0.6 is 11.6 Å². The summed E-state index contributed by atoms with van der Waals surface area (Å²) in [5, 5.41) is 3.88. The molecule has 0 fully saturated rings. The molecule has 2 heterocycles. The van der Waals surface area contributed by atoms with Gasteiger partial charge in [0.15, 0.2) is 5.82 Å². The highest BCUT2D eigenvalue weighted by Gasteiger charge is 2.15. The van der Waals surface area contributed by atoms with E-state index in [4.69, 9.17) is 11.6 Å². The minimum absolute atomic E-state index is 0.00315. The van der Waals surface area contributed by atoms with Crippen LogP contribution in [-0.4, -0.2) is 14.8 Å². The maximum absolute atomic E-state index is 13.8. The van der Waals surface area contributed by atoms with Crippen molar-refractivity contribution >= 4 is 33.4 Å². The molecule has 4 rings (SSSR count). The molecule has 0 amide bonds. The molecule has 0 radical (unpaired) electrons. The van der Waals surface area contributed by atoms with E-state index >= 15 is 0 Å². The summed E-state index contributed by atoms with van der Waals surface area (Å²) in [6.45, 7) is 0. The van der Waals surface area contributed by atoms with Gasteiger partial charge in [-0.3, -0.25) is 14.9 Å². The molecule has 0 saturated carbocycles. The van der Waals surface area contributed by atoms with Crippen molar-refractivity contribution in [2.24, 2.45) is 0 Å². The second-order valence-corrected chi connectivity index (χ2v) is 5.50. The molecule has 7 heteroatoms. The first-order valence-electron chi connectivity index (χ1n) is 6.69. The summed E-state index contributed by atoms with van der Waals surface area (Å²) in [4.78, 5) is 16.4. The fourth-order valence-electron chi connectivity index (χ4n) is 2.56. The number of nitrogens with zero attached hydrogens (tertiary/aromatic N) is 2. The SMILES string of the molecule is O=c1c2cnc3c(F)cc(F)cc3c2[nH]n1-c1ccc(Cl)cc1. The summed E-state index contributed by atoms with van der Waals surface area (Å²) < 4.78 is 28.6. The van der Waals surface area contributed by atoms with Gasteiger partial charge in [-0.2, -0.15) is 0 Å². The normalized spacial score (nSPS) is 11.4. The van der Waals surface area contributed by atoms with Gasteiger partial charge in [0, 0.05) is 22.7 Å². The van der Waals surface area contributed by atoms with Crippen molar-refractivity contribution in [2.45, 2.75) is 0 Å². The topological polar surface area (TPSA) is 50.7 Å². The van der Waals surface area contributed by atoms with E-state index in [9.17, 15) is 13.6 Å². The summed E-state index contributed by atoms with van der Waals surface area (Å²) in [5.41, 5.74) is 0.527. The van der Waals surface area contributed by atoms with Crippen molar-refractivity contribution in [1.29, 1.82) is 0 Å². The predicted octanol–water partition coefficient (Wildman–Crippen LogP) is 3.80. The van der Waals surface area contributed by atoms with Crippen molar-refractivity contribution in [3.05, 3.63) is 69.6 Å². The van der Waals surface area contributed by atoms with Crippen LogP contribution in [0.1, 0.15) is 0 Å². The molecule has 0 atom stereocenters. The Morgan fingerprint density at radius 1 is 1.09 bits per heavy atom. The number of rotatable bonds is 1. The lowest BCUT2D eigenvalue weighted by Gasteiger charge is -2.01. The van der Waals surface area contributed by atoms with Crippen LogP contribution in [0.3, 0.4) is 0 Å². The fourth-order valence-corrected chi connectivity index (χ4v) is 2.69. The number of hydrogen-bond acceptors (Lipinski definition) is 2. The molecular weight excluding hydrogens is 324 g/mol. The number of aromatic nitrogens is 3. The Kier molecular flexibility index (Phi) is 2.96. The highest BCUT2D eigenvalue weighted by atomic mass is 35.5. The molecule has 4 aromatic rings. The second kappa shape index (κ2) is 4.89. The number of halogens is 3. The minimum Gasteiger partial charge on any atom is -0.290 e. The number of benzene rings is 2. The monoisotopic (exact) mass is 331 g/mol. The molecule has 4 nitrogen and oxygen atoms in total. The van der Waals surface area contributed by atoms with Crippen LogP contribution in [0, 0.1) is 11.6 Å². The van der Waals surface area contributed by atoms with Gasteiger partial charge in [-0.1, -0.05) is 11.6 Å². The summed E-state index contributed by atoms with van der Waals surface area (Å²) >= 11 is 5.84. The molecule has 0 aliphatic rings. The van der Waals surface area contributed by atoms with Gasteiger partial charge in [0.1, 0.15) is 11.3 Å². The Bertz CT molecular complexity index is 1120. The molecule has 0 aliphatic heterocycles. The highest BCUT2D eigenvalue weighted by Crippen LogP contribution is 2.24. The lowest BCUT2D eigenvalue weighted by atomic mass is 10.1. The molecule has 0 bridgehead atoms. The summed E-state index contributed by atoms with van der Waals surface area (Å²) in [7, 11) is 0. The summed E-state index contributed by atoms with van der Waals surface area (Å²) in [5.74, 6) is -1.51. The van der Waals surface area contributed by atoms with Crippen LogP contribution in [0.5, 0.6) is 0 Å². The standard InChI is InChI=1S/C16H8ClF2N3O/c17-8-1-3-10(4-2-8)22-16(23)12-7-20-15-11(14(12)21-22)5-9(18)6-13(15)19/h1-7,21H. The quantitative estimate of drug-likeness (QED) is 0.577. The average Bonchev–Trinajstić information content (AvgIpc) is 2.86. The Labute approximate surface area is 132 Å². The molecule has 114 valence electrons. The number of pyridine rings is 1. The highest BCUT2D eigenvalue weighted by molar-refractivity contribution is 6.30. The zero-order valence-corrected chi connectivity index (χ0v) is 12.2. The van der Waals surface area contributed by atoms with Gasteiger partial charge < -0.3 is 0 Å². The third-order valence-corrected chi connectivity index (χ3v) is 3.88. The number of nitrogens with one attached hydrogen (secondary N) is 1. The lowest BCUT2D eigenvalue weighted by molar-refractivity contribution is 0.590. The van der Waals surface area contributed by atoms with Crippen molar-refractivity contribution in [2.75, 3.05) is 0 Å². The molecule has 0 unspecified atom stereocenters. The third-order valence-electron chi connectivity index (χ3n) is 3.63. The van der Waals surface area contributed by atoms with Crippen LogP contribution in [0.25, 0.3) is 27.5 Å². The Hall–Kier alpha value is -2.73. The molecule has 2 aromatic heterocycles. The third kappa shape index (κ3) is 2.10. The fraction of sp³-hybridized carbons (Fsp3) is 0. The molecular formula is C16H8ClF2N3O. The zero-order valence-electron chi connectivity index (χ0n) is 11.5. The van der Waals surface area contributed by atoms with Gasteiger partial charge in [0.05, 0.1) is 16.6 Å². The van der Waals surface area contributed by atoms with Gasteiger partial charge in [-0.15, -0.1) is 0 Å². The van der Waals surface area contributed by atoms with E-state index in [1.165, 1.54) is 10.9 Å². The molecule has 1 N–H and O–H groups in total. The first-order valence-corrected chi connectivity index (χ1v) is 7.07. The van der Waals surface area contributed by atoms with Crippen LogP contribution in [-0.2, 0) is 0 Å². The van der Waals surface area contributed by atoms with E-state index in [1.54, 1.807) is 24.3 Å². The predicted molar refractivity (Wildman–Crippen MR) is 84.1 cm³/mol. The molecule has 23 heavy (non-hydrogen) atoms. The zero-order chi connectivity index (χ0) is 16.1. The largest absolute Gasteiger partial charge is 0.290 e. The van der Waals surface area contributed by atoms with E-state index in [-0.39, 0.29) is 21.8 Å². The number of fused-ring (bicyclic) bond motifs is 3. The molecule has 0 spiro atoms. The Morgan fingerprint density at radius 3 is 2.57 bits per heavy atom. The van der Waals surface area contributed by atoms with Gasteiger partial charge in [-0.05, 0) is 30.3 Å². The smallest absolute Gasteiger partial charge is 0.280 e. The van der Waals surface area contributed by atoms with Crippen molar-refractivity contribution in [3.63, 3.8) is 0 Å². The van der Waals surface area contributed by atoms with Crippen LogP contribution in [0.4, 0.5) is 8.78 Å². The number of aromatic amines is 1. The van der Waals surface area contributed by atoms with E-state index in [2.05, 4.69) is 10.1 Å². The van der Waals surface area contributed by atoms with Crippen molar-refractivity contribution < 1.29 is 8.78 Å². The summed E-state index contributed by atoms with van der Waals surface area (Å²) in [6.07, 6.45) is 1.28. The van der Waals surface area contributed by atoms with Gasteiger partial charge >= 0.3 is 0 Å². The minimum atomic E-state index is -0.776. The number of H-pyrrole nitrogens is 1. The van der Waals surface area contributed by atoms with Crippen LogP contribution in [0.2, 0.25) is 5.02 Å². The average molecular weight is 332 g/mol. The first kappa shape index (κ1) is 13.9. The van der Waals surface area contributed by atoms with E-state index < -0.39 is 11.6 Å². The van der Waals surface area contributed by atoms with Crippen LogP contribution in [0.15, 0.2) is 47.4 Å². The second-order valence-electron chi connectivity index (χ2n) is 5.06. The van der Waals surface area contributed by atoms with Crippen LogP contribution < -0.4 is 5.56 Å². The van der Waals surface area contributed by atoms with E-state index in [1.807, 2.05) is 0 Å². The summed E-state index contributed by atoms with van der Waals surface area (Å²) in [6, 6.07) is 8.52. The maximum Gasteiger partial charge on any atom is 0.280 e. The van der Waals surface area contributed by atoms with E-state index in [0.717, 1.165) is 12.1 Å². The Balaban J connectivity index is 2.09. The maximum atomic E-state index is 13.8. The molecule has 2 aromatic carbocycles. The van der Waals surface area contributed by atoms with Gasteiger partial charge in [0.2, 0.25) is 0 Å². The van der Waals surface area contributed by atoms with E-state index in [0.29, 0.717) is 16.2 Å². The van der Waals surface area contributed by atoms with Crippen molar-refractivity contribution in [1.82, 2.24) is 14.8 Å². The number of hydrogen-bond donors (Lipinski definition) is 1. The van der Waals surface area contributed by atoms with Gasteiger partial charge in [-0.25, -0.2) is 13.5 Å². The van der Waals surface area contributed by atoms with Crippen molar-refractivity contribution in [3.8, 4) is 5.69 Å².